The zero-order valence-electron chi connectivity index (χ0n) is 14.4. The smallest absolute Gasteiger partial charge is 0.217 e. The van der Waals surface area contributed by atoms with Crippen molar-refractivity contribution >= 4 is 5.91 Å². The van der Waals surface area contributed by atoms with E-state index in [4.69, 9.17) is 0 Å². The molecule has 0 saturated carbocycles. The minimum Gasteiger partial charge on any atom is -0.351 e. The third-order valence-corrected chi connectivity index (χ3v) is 4.50. The molecule has 24 heavy (non-hydrogen) atoms. The molecule has 1 fully saturated rings. The third kappa shape index (κ3) is 4.00. The normalized spacial score (nSPS) is 18.0. The number of pyridine rings is 1. The Morgan fingerprint density at radius 2 is 2.33 bits per heavy atom. The van der Waals surface area contributed by atoms with Crippen molar-refractivity contribution < 1.29 is 4.79 Å². The van der Waals surface area contributed by atoms with E-state index in [0.29, 0.717) is 12.6 Å². The number of carbonyl (C=O) groups excluding carboxylic acids is 1. The van der Waals surface area contributed by atoms with E-state index >= 15 is 0 Å². The number of aryl methyl sites for hydroxylation is 1. The van der Waals surface area contributed by atoms with Crippen LogP contribution in [0.2, 0.25) is 0 Å². The number of nitrogens with zero attached hydrogens (tertiary/aromatic N) is 4. The summed E-state index contributed by atoms with van der Waals surface area (Å²) in [6, 6.07) is 4.62. The number of nitrogens with one attached hydrogen (secondary N) is 1. The summed E-state index contributed by atoms with van der Waals surface area (Å²) in [6.07, 6.45) is 8.30. The van der Waals surface area contributed by atoms with E-state index in [9.17, 15) is 4.79 Å². The predicted molar refractivity (Wildman–Crippen MR) is 92.0 cm³/mol. The second-order valence-corrected chi connectivity index (χ2v) is 6.32. The summed E-state index contributed by atoms with van der Waals surface area (Å²) in [5.74, 6) is -0.0300. The Morgan fingerprint density at radius 1 is 1.46 bits per heavy atom. The van der Waals surface area contributed by atoms with Crippen LogP contribution in [0.3, 0.4) is 0 Å². The Hall–Kier alpha value is -2.21. The van der Waals surface area contributed by atoms with Gasteiger partial charge in [0.15, 0.2) is 0 Å². The largest absolute Gasteiger partial charge is 0.351 e. The Kier molecular flexibility index (Phi) is 5.25. The van der Waals surface area contributed by atoms with Crippen molar-refractivity contribution in [2.75, 3.05) is 6.54 Å². The van der Waals surface area contributed by atoms with Crippen LogP contribution in [0.4, 0.5) is 0 Å². The summed E-state index contributed by atoms with van der Waals surface area (Å²) in [5, 5.41) is 7.18. The molecule has 0 bridgehead atoms. The van der Waals surface area contributed by atoms with Gasteiger partial charge in [0, 0.05) is 44.0 Å². The number of likely N-dealkylation sites (tertiary alicyclic amines) is 1. The highest BCUT2D eigenvalue weighted by Gasteiger charge is 2.26. The average Bonchev–Trinajstić information content (AvgIpc) is 3.23. The van der Waals surface area contributed by atoms with Gasteiger partial charge in [0.2, 0.25) is 5.91 Å². The lowest BCUT2D eigenvalue weighted by Crippen LogP contribution is -2.23. The zero-order chi connectivity index (χ0) is 16.9. The fourth-order valence-corrected chi connectivity index (χ4v) is 3.30. The first-order valence-corrected chi connectivity index (χ1v) is 8.60. The van der Waals surface area contributed by atoms with Crippen LogP contribution in [0.15, 0.2) is 30.7 Å². The van der Waals surface area contributed by atoms with Gasteiger partial charge in [-0.3, -0.25) is 19.4 Å². The van der Waals surface area contributed by atoms with Crippen LogP contribution in [0, 0.1) is 0 Å². The molecule has 1 aliphatic rings. The first-order chi connectivity index (χ1) is 11.7. The van der Waals surface area contributed by atoms with Crippen molar-refractivity contribution in [3.63, 3.8) is 0 Å². The van der Waals surface area contributed by atoms with Crippen molar-refractivity contribution in [3.05, 3.63) is 47.5 Å². The third-order valence-electron chi connectivity index (χ3n) is 4.50. The van der Waals surface area contributed by atoms with Crippen LogP contribution < -0.4 is 5.32 Å². The number of amides is 1. The summed E-state index contributed by atoms with van der Waals surface area (Å²) >= 11 is 0. The van der Waals surface area contributed by atoms with Crippen molar-refractivity contribution in [3.8, 4) is 0 Å². The number of carbonyl (C=O) groups is 1. The number of hydrogen-bond acceptors (Lipinski definition) is 4. The van der Waals surface area contributed by atoms with Crippen molar-refractivity contribution in [1.82, 2.24) is 25.0 Å². The van der Waals surface area contributed by atoms with Crippen LogP contribution in [0.1, 0.15) is 49.6 Å². The molecular weight excluding hydrogens is 302 g/mol. The second kappa shape index (κ2) is 7.57. The van der Waals surface area contributed by atoms with Gasteiger partial charge in [-0.25, -0.2) is 0 Å². The number of hydrogen-bond donors (Lipinski definition) is 1. The molecule has 6 nitrogen and oxygen atoms in total. The van der Waals surface area contributed by atoms with Gasteiger partial charge in [-0.2, -0.15) is 5.10 Å². The highest BCUT2D eigenvalue weighted by molar-refractivity contribution is 5.72. The Morgan fingerprint density at radius 3 is 3.08 bits per heavy atom. The minimum atomic E-state index is -0.0300. The standard InChI is InChI=1S/C18H25N5O/c1-3-23-13-15(10-21-23)12-22-8-4-5-18(22)16-6-7-19-17(9-16)11-20-14(2)24/h6-7,9-10,13,18H,3-5,8,11-12H2,1-2H3,(H,20,24). The lowest BCUT2D eigenvalue weighted by atomic mass is 10.0. The van der Waals surface area contributed by atoms with E-state index in [0.717, 1.165) is 31.7 Å². The quantitative estimate of drug-likeness (QED) is 0.884. The van der Waals surface area contributed by atoms with Crippen LogP contribution in [-0.4, -0.2) is 32.1 Å². The van der Waals surface area contributed by atoms with Gasteiger partial charge < -0.3 is 5.32 Å². The molecular formula is C18H25N5O. The van der Waals surface area contributed by atoms with Crippen molar-refractivity contribution in [2.45, 2.75) is 52.4 Å². The average molecular weight is 327 g/mol. The fraction of sp³-hybridized carbons (Fsp3) is 0.500. The fourth-order valence-electron chi connectivity index (χ4n) is 3.30. The molecule has 1 unspecified atom stereocenters. The van der Waals surface area contributed by atoms with Crippen LogP contribution in [0.25, 0.3) is 0 Å². The van der Waals surface area contributed by atoms with Gasteiger partial charge in [-0.1, -0.05) is 0 Å². The molecule has 0 aromatic carbocycles. The van der Waals surface area contributed by atoms with E-state index < -0.39 is 0 Å². The minimum absolute atomic E-state index is 0.0300. The molecule has 1 amide bonds. The van der Waals surface area contributed by atoms with Gasteiger partial charge in [0.05, 0.1) is 18.4 Å². The Bertz CT molecular complexity index is 696. The zero-order valence-corrected chi connectivity index (χ0v) is 14.4. The van der Waals surface area contributed by atoms with E-state index in [-0.39, 0.29) is 5.91 Å². The summed E-state index contributed by atoms with van der Waals surface area (Å²) in [4.78, 5) is 18.0. The van der Waals surface area contributed by atoms with E-state index in [1.54, 1.807) is 0 Å². The monoisotopic (exact) mass is 327 g/mol. The van der Waals surface area contributed by atoms with Crippen LogP contribution in [-0.2, 0) is 24.4 Å². The van der Waals surface area contributed by atoms with Crippen molar-refractivity contribution in [2.24, 2.45) is 0 Å². The van der Waals surface area contributed by atoms with Gasteiger partial charge >= 0.3 is 0 Å². The lowest BCUT2D eigenvalue weighted by Gasteiger charge is -2.24. The number of rotatable bonds is 6. The maximum Gasteiger partial charge on any atom is 0.217 e. The first-order valence-electron chi connectivity index (χ1n) is 8.60. The molecule has 2 aromatic heterocycles. The van der Waals surface area contributed by atoms with Gasteiger partial charge in [0.1, 0.15) is 0 Å². The summed E-state index contributed by atoms with van der Waals surface area (Å²) in [7, 11) is 0. The van der Waals surface area contributed by atoms with E-state index in [1.165, 1.54) is 24.5 Å². The maximum atomic E-state index is 11.1. The van der Waals surface area contributed by atoms with Crippen LogP contribution in [0.5, 0.6) is 0 Å². The molecule has 1 saturated heterocycles. The first kappa shape index (κ1) is 16.6. The molecule has 0 aliphatic carbocycles. The second-order valence-electron chi connectivity index (χ2n) is 6.32. The molecule has 0 spiro atoms. The number of aromatic nitrogens is 3. The summed E-state index contributed by atoms with van der Waals surface area (Å²) < 4.78 is 1.97. The molecule has 3 rings (SSSR count). The van der Waals surface area contributed by atoms with Gasteiger partial charge in [-0.15, -0.1) is 0 Å². The molecule has 0 radical (unpaired) electrons. The van der Waals surface area contributed by atoms with Crippen LogP contribution >= 0.6 is 0 Å². The van der Waals surface area contributed by atoms with E-state index in [2.05, 4.69) is 45.6 Å². The van der Waals surface area contributed by atoms with E-state index in [1.807, 2.05) is 17.1 Å². The summed E-state index contributed by atoms with van der Waals surface area (Å²) in [6.45, 7) is 7.04. The molecule has 6 heteroatoms. The molecule has 3 heterocycles. The molecule has 1 N–H and O–H groups in total. The topological polar surface area (TPSA) is 63.1 Å². The Labute approximate surface area is 142 Å². The van der Waals surface area contributed by atoms with Gasteiger partial charge in [-0.05, 0) is 44.0 Å². The molecule has 2 aromatic rings. The SMILES string of the molecule is CCn1cc(CN2CCCC2c2ccnc(CNC(C)=O)c2)cn1. The molecule has 1 atom stereocenters. The summed E-state index contributed by atoms with van der Waals surface area (Å²) in [5.41, 5.74) is 3.45. The molecule has 1 aliphatic heterocycles. The Balaban J connectivity index is 1.70. The highest BCUT2D eigenvalue weighted by Crippen LogP contribution is 2.33. The highest BCUT2D eigenvalue weighted by atomic mass is 16.1. The predicted octanol–water partition coefficient (Wildman–Crippen LogP) is 2.27. The van der Waals surface area contributed by atoms with Gasteiger partial charge in [0.25, 0.3) is 0 Å². The molecule has 128 valence electrons. The lowest BCUT2D eigenvalue weighted by molar-refractivity contribution is -0.119. The van der Waals surface area contributed by atoms with Crippen molar-refractivity contribution in [1.29, 1.82) is 0 Å². The maximum absolute atomic E-state index is 11.1.